The van der Waals surface area contributed by atoms with E-state index in [0.29, 0.717) is 5.69 Å². The third kappa shape index (κ3) is 5.47. The lowest BCUT2D eigenvalue weighted by Crippen LogP contribution is -1.85. The van der Waals surface area contributed by atoms with Crippen LogP contribution >= 0.6 is 0 Å². The maximum Gasteiger partial charge on any atom is 0.385 e. The molecule has 0 aliphatic carbocycles. The predicted octanol–water partition coefficient (Wildman–Crippen LogP) is 1.84. The Morgan fingerprint density at radius 1 is 1.07 bits per heavy atom. The quantitative estimate of drug-likeness (QED) is 0.395. The third-order valence-corrected chi connectivity index (χ3v) is 1.18. The van der Waals surface area contributed by atoms with Crippen LogP contribution in [0.25, 0.3) is 4.98 Å². The van der Waals surface area contributed by atoms with Gasteiger partial charge in [-0.15, -0.1) is 0 Å². The molecule has 15 heavy (non-hydrogen) atoms. The normalized spacial score (nSPS) is 7.93. The van der Waals surface area contributed by atoms with Crippen LogP contribution in [-0.2, 0) is 0 Å². The molecule has 0 aliphatic rings. The highest BCUT2D eigenvalue weighted by Crippen LogP contribution is 2.16. The number of rotatable bonds is 1. The van der Waals surface area contributed by atoms with Gasteiger partial charge < -0.3 is 15.3 Å². The number of diazo groups is 1. The molecule has 78 valence electrons. The van der Waals surface area contributed by atoms with Crippen molar-refractivity contribution in [1.82, 2.24) is 0 Å². The predicted molar refractivity (Wildman–Crippen MR) is 48.2 cm³/mol. The number of hydrogen-bond acceptors (Lipinski definition) is 6. The topological polar surface area (TPSA) is 137 Å². The minimum atomic E-state index is -1.75. The van der Waals surface area contributed by atoms with E-state index in [9.17, 15) is 10.1 Å². The highest BCUT2D eigenvalue weighted by molar-refractivity contribution is 5.48. The number of nitrogens with zero attached hydrogens (tertiary/aromatic N) is 4. The Hall–Kier alpha value is -2.76. The average Bonchev–Trinajstić information content (AvgIpc) is 2.17. The zero-order valence-electron chi connectivity index (χ0n) is 7.14. The van der Waals surface area contributed by atoms with Gasteiger partial charge in [-0.1, -0.05) is 0 Å². The molecule has 0 fully saturated rings. The van der Waals surface area contributed by atoms with E-state index < -0.39 is 10.0 Å². The second-order valence-corrected chi connectivity index (χ2v) is 2.10. The van der Waals surface area contributed by atoms with E-state index in [4.69, 9.17) is 20.7 Å². The Morgan fingerprint density at radius 2 is 1.47 bits per heavy atom. The summed E-state index contributed by atoms with van der Waals surface area (Å²) in [5, 5.41) is 33.1. The van der Waals surface area contributed by atoms with E-state index in [1.165, 1.54) is 24.3 Å². The molecule has 0 radical (unpaired) electrons. The summed E-state index contributed by atoms with van der Waals surface area (Å²) in [4.78, 5) is 20.7. The van der Waals surface area contributed by atoms with Crippen molar-refractivity contribution in [3.05, 3.63) is 54.7 Å². The third-order valence-electron chi connectivity index (χ3n) is 1.18. The van der Waals surface area contributed by atoms with Crippen LogP contribution in [0, 0.1) is 30.8 Å². The van der Waals surface area contributed by atoms with Gasteiger partial charge in [-0.25, -0.2) is 0 Å². The van der Waals surface area contributed by atoms with Crippen LogP contribution in [0.2, 0.25) is 0 Å². The van der Waals surface area contributed by atoms with Crippen LogP contribution in [0.5, 0.6) is 0 Å². The molecule has 0 aliphatic heterocycles. The minimum absolute atomic E-state index is 0.0163. The summed E-state index contributed by atoms with van der Waals surface area (Å²) in [5.74, 6) is 0. The molecule has 9 nitrogen and oxygen atoms in total. The van der Waals surface area contributed by atoms with Gasteiger partial charge in [-0.05, 0) is 0 Å². The lowest BCUT2D eigenvalue weighted by Gasteiger charge is -1.84. The zero-order valence-corrected chi connectivity index (χ0v) is 7.14. The molecule has 0 atom stereocenters. The first-order valence-corrected chi connectivity index (χ1v) is 3.38. The summed E-state index contributed by atoms with van der Waals surface area (Å²) in [6.45, 7) is 0. The van der Waals surface area contributed by atoms with Crippen molar-refractivity contribution >= 4 is 11.4 Å². The van der Waals surface area contributed by atoms with Crippen LogP contribution < -0.4 is 0 Å². The van der Waals surface area contributed by atoms with E-state index >= 15 is 0 Å². The van der Waals surface area contributed by atoms with Crippen molar-refractivity contribution in [3.63, 3.8) is 0 Å². The Bertz CT molecular complexity index is 391. The van der Waals surface area contributed by atoms with Crippen molar-refractivity contribution < 1.29 is 10.0 Å². The molecule has 1 aromatic carbocycles. The van der Waals surface area contributed by atoms with Crippen molar-refractivity contribution in [2.24, 2.45) is 0 Å². The largest absolute Gasteiger partial charge is 0.385 e. The molecule has 9 heteroatoms. The van der Waals surface area contributed by atoms with Gasteiger partial charge in [-0.3, -0.25) is 10.1 Å². The first-order chi connectivity index (χ1) is 6.97. The molecule has 0 unspecified atom stereocenters. The summed E-state index contributed by atoms with van der Waals surface area (Å²) >= 11 is 0. The van der Waals surface area contributed by atoms with Gasteiger partial charge >= 0.3 is 5.69 Å². The highest BCUT2D eigenvalue weighted by Gasteiger charge is 2.08. The molecule has 0 aromatic heterocycles. The summed E-state index contributed by atoms with van der Waals surface area (Å²) < 4.78 is 0. The Kier molecular flexibility index (Phi) is 4.74. The molecule has 0 saturated carbocycles. The van der Waals surface area contributed by atoms with Crippen LogP contribution in [0.15, 0.2) is 24.3 Å². The first-order valence-electron chi connectivity index (χ1n) is 3.38. The lowest BCUT2D eigenvalue weighted by atomic mass is 10.3. The van der Waals surface area contributed by atoms with Gasteiger partial charge in [0.2, 0.25) is 5.39 Å². The molecule has 1 aromatic rings. The fraction of sp³-hybridized carbons (Fsp3) is 0. The van der Waals surface area contributed by atoms with E-state index in [2.05, 4.69) is 4.98 Å². The van der Waals surface area contributed by atoms with E-state index in [1.807, 2.05) is 0 Å². The van der Waals surface area contributed by atoms with Crippen LogP contribution in [-0.4, -0.2) is 10.0 Å². The van der Waals surface area contributed by atoms with Gasteiger partial charge in [0.15, 0.2) is 4.98 Å². The molecule has 1 rings (SSSR count). The maximum absolute atomic E-state index is 10.1. The molecule has 0 heterocycles. The molecule has 0 amide bonds. The van der Waals surface area contributed by atoms with E-state index in [-0.39, 0.29) is 5.69 Å². The van der Waals surface area contributed by atoms with Crippen LogP contribution in [0.1, 0.15) is 0 Å². The monoisotopic (exact) mass is 212 g/mol. The molecule has 0 saturated heterocycles. The van der Waals surface area contributed by atoms with Crippen molar-refractivity contribution in [2.75, 3.05) is 0 Å². The standard InChI is InChI=1S/C6H4N3O2.NO3/c7-8-5-1-3-6(4-2-5)9(10)11;2-1(3)4/h1-4H;/q+1;-1. The van der Waals surface area contributed by atoms with Crippen molar-refractivity contribution in [2.45, 2.75) is 0 Å². The smallest absolute Gasteiger partial charge is 0.356 e. The summed E-state index contributed by atoms with van der Waals surface area (Å²) in [6, 6.07) is 5.26. The fourth-order valence-electron chi connectivity index (χ4n) is 0.641. The van der Waals surface area contributed by atoms with Crippen molar-refractivity contribution in [1.29, 1.82) is 5.39 Å². The molecule has 0 spiro atoms. The van der Waals surface area contributed by atoms with Crippen LogP contribution in [0.4, 0.5) is 11.4 Å². The lowest BCUT2D eigenvalue weighted by molar-refractivity contribution is -0.402. The molecular weight excluding hydrogens is 208 g/mol. The molecular formula is C6H4N4O5. The number of nitro groups is 1. The number of benzene rings is 1. The van der Waals surface area contributed by atoms with Crippen molar-refractivity contribution in [3.8, 4) is 0 Å². The molecule has 0 N–H and O–H groups in total. The van der Waals surface area contributed by atoms with E-state index in [1.54, 1.807) is 0 Å². The van der Waals surface area contributed by atoms with Gasteiger partial charge in [0.05, 0.1) is 10.0 Å². The number of nitro benzene ring substituents is 1. The second kappa shape index (κ2) is 5.81. The highest BCUT2D eigenvalue weighted by atomic mass is 16.9. The van der Waals surface area contributed by atoms with Gasteiger partial charge in [-0.2, -0.15) is 0 Å². The summed E-state index contributed by atoms with van der Waals surface area (Å²) in [5.41, 5.74) is 0.285. The minimum Gasteiger partial charge on any atom is -0.356 e. The SMILES string of the molecule is N#[N+]c1ccc([N+](=O)[O-])cc1.O=[N+]([O-])[O-]. The number of non-ortho nitro benzene ring substituents is 1. The maximum atomic E-state index is 10.1. The Balaban J connectivity index is 0.000000423. The molecule has 0 bridgehead atoms. The zero-order chi connectivity index (χ0) is 11.8. The average molecular weight is 212 g/mol. The Morgan fingerprint density at radius 3 is 1.73 bits per heavy atom. The van der Waals surface area contributed by atoms with E-state index in [0.717, 1.165) is 0 Å². The van der Waals surface area contributed by atoms with Gasteiger partial charge in [0, 0.05) is 24.3 Å². The fourth-order valence-corrected chi connectivity index (χ4v) is 0.641. The second-order valence-electron chi connectivity index (χ2n) is 2.10. The summed E-state index contributed by atoms with van der Waals surface area (Å²) in [6.07, 6.45) is 0. The van der Waals surface area contributed by atoms with Crippen LogP contribution in [0.3, 0.4) is 0 Å². The van der Waals surface area contributed by atoms with Gasteiger partial charge in [0.1, 0.15) is 0 Å². The summed E-state index contributed by atoms with van der Waals surface area (Å²) in [7, 11) is 0. The Labute approximate surface area is 82.5 Å². The first kappa shape index (κ1) is 12.2. The van der Waals surface area contributed by atoms with Gasteiger partial charge in [0.25, 0.3) is 5.69 Å². The number of hydrogen-bond donors (Lipinski definition) is 0.